The molecule has 1 aromatic carbocycles. The van der Waals surface area contributed by atoms with Crippen LogP contribution in [0.15, 0.2) is 29.1 Å². The lowest BCUT2D eigenvalue weighted by molar-refractivity contribution is -0.138. The molecule has 35 heavy (non-hydrogen) atoms. The van der Waals surface area contributed by atoms with E-state index in [1.165, 1.54) is 5.32 Å². The highest BCUT2D eigenvalue weighted by Crippen LogP contribution is 2.34. The van der Waals surface area contributed by atoms with Gasteiger partial charge in [0.15, 0.2) is 5.75 Å². The second-order valence-corrected chi connectivity index (χ2v) is 6.84. The Bertz CT molecular complexity index is 1220. The predicted octanol–water partition coefficient (Wildman–Crippen LogP) is 1.43. The topological polar surface area (TPSA) is 158 Å². The summed E-state index contributed by atoms with van der Waals surface area (Å²) in [5.41, 5.74) is -6.49. The third-order valence-corrected chi connectivity index (χ3v) is 4.37. The Balaban J connectivity index is 2.73. The highest BCUT2D eigenvalue weighted by molar-refractivity contribution is 6.05. The lowest BCUT2D eigenvalue weighted by Gasteiger charge is -2.19. The number of carbonyl (C=O) groups excluding carboxylic acids is 2. The summed E-state index contributed by atoms with van der Waals surface area (Å²) in [7, 11) is 0. The summed E-state index contributed by atoms with van der Waals surface area (Å²) in [5.74, 6) is -8.15. The van der Waals surface area contributed by atoms with Gasteiger partial charge < -0.3 is 26.0 Å². The zero-order valence-corrected chi connectivity index (χ0v) is 17.1. The van der Waals surface area contributed by atoms with Crippen LogP contribution in [0.2, 0.25) is 0 Å². The molecule has 0 atom stereocenters. The minimum absolute atomic E-state index is 0.0441. The van der Waals surface area contributed by atoms with E-state index in [2.05, 4.69) is 0 Å². The minimum atomic E-state index is -4.96. The van der Waals surface area contributed by atoms with Crippen LogP contribution in [0, 0.1) is 0 Å². The third-order valence-electron chi connectivity index (χ3n) is 4.37. The van der Waals surface area contributed by atoms with Crippen LogP contribution in [0.3, 0.4) is 0 Å². The van der Waals surface area contributed by atoms with E-state index in [4.69, 9.17) is 5.11 Å². The Labute approximate surface area is 190 Å². The van der Waals surface area contributed by atoms with Crippen molar-refractivity contribution in [2.24, 2.45) is 0 Å². The number of aliphatic carboxylic acids is 1. The molecule has 0 aliphatic rings. The third kappa shape index (κ3) is 6.42. The van der Waals surface area contributed by atoms with E-state index >= 15 is 0 Å². The second-order valence-electron chi connectivity index (χ2n) is 6.84. The Kier molecular flexibility index (Phi) is 7.67. The number of nitrogens with zero attached hydrogens (tertiary/aromatic N) is 1. The highest BCUT2D eigenvalue weighted by atomic mass is 19.4. The molecule has 0 aliphatic heterocycles. The minimum Gasteiger partial charge on any atom is -0.506 e. The van der Waals surface area contributed by atoms with Gasteiger partial charge >= 0.3 is 18.3 Å². The molecule has 1 heterocycles. The van der Waals surface area contributed by atoms with Crippen LogP contribution < -0.4 is 16.2 Å². The van der Waals surface area contributed by atoms with Gasteiger partial charge in [0, 0.05) is 0 Å². The zero-order chi connectivity index (χ0) is 26.7. The van der Waals surface area contributed by atoms with Crippen LogP contribution in [-0.2, 0) is 17.5 Å². The number of hydrogen-bond donors (Lipinski definition) is 5. The molecule has 0 unspecified atom stereocenters. The SMILES string of the molecule is O=C(O)CNC(=O)c1c(O)c(C(=O)NCC(F)(F)F)c(=O)n(Cc2ccccc2C(F)(F)F)c1O. The molecule has 0 aliphatic carbocycles. The first kappa shape index (κ1) is 27.0. The normalized spacial score (nSPS) is 11.7. The maximum absolute atomic E-state index is 13.3. The maximum atomic E-state index is 13.3. The molecule has 2 aromatic rings. The van der Waals surface area contributed by atoms with Crippen LogP contribution in [0.25, 0.3) is 0 Å². The lowest BCUT2D eigenvalue weighted by atomic mass is 10.1. The molecular formula is C19H15F6N3O7. The number of aromatic hydroxyl groups is 2. The quantitative estimate of drug-likeness (QED) is 0.352. The van der Waals surface area contributed by atoms with E-state index in [0.717, 1.165) is 18.2 Å². The van der Waals surface area contributed by atoms with Gasteiger partial charge in [-0.15, -0.1) is 0 Å². The molecule has 0 saturated heterocycles. The van der Waals surface area contributed by atoms with Crippen LogP contribution >= 0.6 is 0 Å². The number of pyridine rings is 1. The second kappa shape index (κ2) is 9.94. The number of hydrogen-bond acceptors (Lipinski definition) is 6. The number of amides is 2. The number of rotatable bonds is 7. The average molecular weight is 511 g/mol. The summed E-state index contributed by atoms with van der Waals surface area (Å²) in [5, 5.41) is 32.3. The first-order valence-corrected chi connectivity index (χ1v) is 9.23. The summed E-state index contributed by atoms with van der Waals surface area (Å²) in [6.45, 7) is -4.22. The van der Waals surface area contributed by atoms with E-state index in [9.17, 15) is 55.7 Å². The van der Waals surface area contributed by atoms with Gasteiger partial charge in [-0.1, -0.05) is 18.2 Å². The smallest absolute Gasteiger partial charge is 0.416 e. The molecule has 0 fully saturated rings. The Morgan fingerprint density at radius 3 is 2.03 bits per heavy atom. The van der Waals surface area contributed by atoms with Gasteiger partial charge in [-0.25, -0.2) is 0 Å². The van der Waals surface area contributed by atoms with Crippen molar-refractivity contribution in [3.8, 4) is 11.6 Å². The number of aromatic nitrogens is 1. The van der Waals surface area contributed by atoms with Gasteiger partial charge in [-0.05, 0) is 11.6 Å². The number of carbonyl (C=O) groups is 3. The van der Waals surface area contributed by atoms with Crippen LogP contribution in [0.4, 0.5) is 26.3 Å². The van der Waals surface area contributed by atoms with Gasteiger partial charge in [0.25, 0.3) is 17.4 Å². The zero-order valence-electron chi connectivity index (χ0n) is 17.1. The monoisotopic (exact) mass is 511 g/mol. The fourth-order valence-electron chi connectivity index (χ4n) is 2.88. The number of nitrogens with one attached hydrogen (secondary N) is 2. The molecule has 0 spiro atoms. The standard InChI is InChI=1S/C19H15F6N3O7/c20-18(21,22)7-27-15(33)12-13(31)11(14(32)26-5-10(29)30)16(34)28(17(12)35)6-8-3-1-2-4-9(8)19(23,24)25/h1-4,31,34H,5-7H2,(H,26,32)(H,27,33)(H,29,30). The summed E-state index contributed by atoms with van der Waals surface area (Å²) >= 11 is 0. The largest absolute Gasteiger partial charge is 0.506 e. The predicted molar refractivity (Wildman–Crippen MR) is 103 cm³/mol. The lowest BCUT2D eigenvalue weighted by Crippen LogP contribution is -2.39. The van der Waals surface area contributed by atoms with Crippen LogP contribution in [-0.4, -0.2) is 56.9 Å². The molecule has 1 aromatic heterocycles. The Hall–Kier alpha value is -4.24. The molecule has 10 nitrogen and oxygen atoms in total. The first-order chi connectivity index (χ1) is 16.0. The number of carboxylic acid groups (broad SMARTS) is 1. The van der Waals surface area contributed by atoms with E-state index in [1.54, 1.807) is 5.32 Å². The van der Waals surface area contributed by atoms with Gasteiger partial charge in [0.1, 0.15) is 24.2 Å². The summed E-state index contributed by atoms with van der Waals surface area (Å²) in [4.78, 5) is 48.0. The molecule has 0 radical (unpaired) electrons. The van der Waals surface area contributed by atoms with E-state index in [-0.39, 0.29) is 4.57 Å². The van der Waals surface area contributed by atoms with Gasteiger partial charge in [-0.3, -0.25) is 23.7 Å². The molecule has 2 amide bonds. The molecule has 2 rings (SSSR count). The number of benzene rings is 1. The van der Waals surface area contributed by atoms with Crippen LogP contribution in [0.1, 0.15) is 31.8 Å². The Morgan fingerprint density at radius 1 is 0.914 bits per heavy atom. The van der Waals surface area contributed by atoms with Crippen LogP contribution in [0.5, 0.6) is 11.6 Å². The molecule has 16 heteroatoms. The summed E-state index contributed by atoms with van der Waals surface area (Å²) < 4.78 is 77.5. The van der Waals surface area contributed by atoms with Crippen molar-refractivity contribution in [3.05, 3.63) is 56.9 Å². The number of halogens is 6. The Morgan fingerprint density at radius 2 is 1.49 bits per heavy atom. The van der Waals surface area contributed by atoms with Gasteiger partial charge in [-0.2, -0.15) is 26.3 Å². The van der Waals surface area contributed by atoms with E-state index < -0.39 is 89.2 Å². The van der Waals surface area contributed by atoms with E-state index in [1.807, 2.05) is 0 Å². The highest BCUT2D eigenvalue weighted by Gasteiger charge is 2.35. The van der Waals surface area contributed by atoms with Crippen molar-refractivity contribution < 1.29 is 56.0 Å². The molecule has 190 valence electrons. The maximum Gasteiger partial charge on any atom is 0.416 e. The first-order valence-electron chi connectivity index (χ1n) is 9.23. The van der Waals surface area contributed by atoms with E-state index in [0.29, 0.717) is 6.07 Å². The number of alkyl halides is 6. The van der Waals surface area contributed by atoms with Crippen molar-refractivity contribution in [2.75, 3.05) is 13.1 Å². The fourth-order valence-corrected chi connectivity index (χ4v) is 2.88. The van der Waals surface area contributed by atoms with Crippen molar-refractivity contribution in [1.29, 1.82) is 0 Å². The number of carboxylic acids is 1. The van der Waals surface area contributed by atoms with Crippen molar-refractivity contribution in [3.63, 3.8) is 0 Å². The summed E-state index contributed by atoms with van der Waals surface area (Å²) in [6.07, 6.45) is -9.91. The average Bonchev–Trinajstić information content (AvgIpc) is 2.73. The van der Waals surface area contributed by atoms with Gasteiger partial charge in [0.05, 0.1) is 12.1 Å². The molecule has 5 N–H and O–H groups in total. The fraction of sp³-hybridized carbons (Fsp3) is 0.263. The van der Waals surface area contributed by atoms with Crippen molar-refractivity contribution in [1.82, 2.24) is 15.2 Å². The van der Waals surface area contributed by atoms with Crippen molar-refractivity contribution >= 4 is 17.8 Å². The van der Waals surface area contributed by atoms with Crippen molar-refractivity contribution in [2.45, 2.75) is 18.9 Å². The molecule has 0 saturated carbocycles. The molecule has 0 bridgehead atoms. The molecular weight excluding hydrogens is 496 g/mol. The summed E-state index contributed by atoms with van der Waals surface area (Å²) in [6, 6.07) is 3.64. The van der Waals surface area contributed by atoms with Gasteiger partial charge in [0.2, 0.25) is 5.88 Å².